The van der Waals surface area contributed by atoms with Crippen molar-refractivity contribution < 1.29 is 4.79 Å². The molecule has 0 aliphatic carbocycles. The summed E-state index contributed by atoms with van der Waals surface area (Å²) in [6, 6.07) is 16.2. The van der Waals surface area contributed by atoms with Crippen LogP contribution in [0.2, 0.25) is 0 Å². The Morgan fingerprint density at radius 1 is 1.07 bits per heavy atom. The fourth-order valence-corrected chi connectivity index (χ4v) is 4.65. The van der Waals surface area contributed by atoms with Gasteiger partial charge in [-0.15, -0.1) is 10.2 Å². The minimum atomic E-state index is 0.162. The molecule has 0 atom stereocenters. The summed E-state index contributed by atoms with van der Waals surface area (Å²) in [5.41, 5.74) is 3.82. The number of thioether (sulfide) groups is 1. The van der Waals surface area contributed by atoms with Crippen molar-refractivity contribution in [1.29, 1.82) is 0 Å². The Hall–Kier alpha value is -2.93. The van der Waals surface area contributed by atoms with Gasteiger partial charge in [0.1, 0.15) is 5.82 Å². The van der Waals surface area contributed by atoms with E-state index in [4.69, 9.17) is 4.98 Å². The van der Waals surface area contributed by atoms with E-state index in [2.05, 4.69) is 29.3 Å². The van der Waals surface area contributed by atoms with Crippen LogP contribution < -0.4 is 0 Å². The molecule has 6 nitrogen and oxygen atoms in total. The maximum Gasteiger partial charge on any atom is 0.233 e. The number of nitrogens with zero attached hydrogens (tertiary/aromatic N) is 5. The molecule has 0 radical (unpaired) electrons. The van der Waals surface area contributed by atoms with Gasteiger partial charge < -0.3 is 4.90 Å². The number of hydrogen-bond donors (Lipinski definition) is 0. The summed E-state index contributed by atoms with van der Waals surface area (Å²) in [5, 5.41) is 10.5. The minimum absolute atomic E-state index is 0.162. The van der Waals surface area contributed by atoms with E-state index in [-0.39, 0.29) is 5.91 Å². The van der Waals surface area contributed by atoms with Gasteiger partial charge in [-0.25, -0.2) is 4.98 Å². The summed E-state index contributed by atoms with van der Waals surface area (Å²) in [7, 11) is 0. The van der Waals surface area contributed by atoms with Crippen molar-refractivity contribution in [3.05, 3.63) is 54.1 Å². The average Bonchev–Trinajstić information content (AvgIpc) is 3.42. The van der Waals surface area contributed by atoms with Crippen LogP contribution in [0.25, 0.3) is 27.9 Å². The lowest BCUT2D eigenvalue weighted by atomic mass is 10.1. The zero-order valence-corrected chi connectivity index (χ0v) is 17.0. The molecule has 0 saturated carbocycles. The van der Waals surface area contributed by atoms with Crippen LogP contribution in [-0.2, 0) is 4.79 Å². The van der Waals surface area contributed by atoms with E-state index in [9.17, 15) is 4.79 Å². The van der Waals surface area contributed by atoms with Crippen molar-refractivity contribution in [3.8, 4) is 11.4 Å². The Bertz CT molecular complexity index is 1210. The number of carbonyl (C=O) groups excluding carboxylic acids is 1. The first kappa shape index (κ1) is 18.1. The molecule has 1 aliphatic heterocycles. The zero-order valence-electron chi connectivity index (χ0n) is 16.2. The van der Waals surface area contributed by atoms with Gasteiger partial charge in [-0.05, 0) is 38.0 Å². The number of hydrogen-bond acceptors (Lipinski definition) is 5. The number of amides is 1. The molecule has 5 rings (SSSR count). The molecule has 4 aromatic rings. The largest absolute Gasteiger partial charge is 0.342 e. The number of carbonyl (C=O) groups is 1. The molecule has 0 spiro atoms. The Kier molecular flexibility index (Phi) is 4.67. The van der Waals surface area contributed by atoms with E-state index in [0.29, 0.717) is 10.9 Å². The first-order chi connectivity index (χ1) is 14.2. The Morgan fingerprint density at radius 3 is 2.72 bits per heavy atom. The Labute approximate surface area is 173 Å². The third-order valence-corrected chi connectivity index (χ3v) is 6.19. The van der Waals surface area contributed by atoms with E-state index >= 15 is 0 Å². The van der Waals surface area contributed by atoms with Gasteiger partial charge in [0.2, 0.25) is 5.91 Å². The highest BCUT2D eigenvalue weighted by Crippen LogP contribution is 2.29. The maximum atomic E-state index is 12.5. The van der Waals surface area contributed by atoms with Gasteiger partial charge >= 0.3 is 0 Å². The van der Waals surface area contributed by atoms with Crippen molar-refractivity contribution in [2.45, 2.75) is 24.9 Å². The summed E-state index contributed by atoms with van der Waals surface area (Å²) < 4.78 is 1.99. The number of aromatic nitrogens is 4. The number of rotatable bonds is 4. The van der Waals surface area contributed by atoms with E-state index in [0.717, 1.165) is 59.4 Å². The average molecular weight is 404 g/mol. The first-order valence-electron chi connectivity index (χ1n) is 9.82. The molecule has 29 heavy (non-hydrogen) atoms. The second-order valence-electron chi connectivity index (χ2n) is 7.34. The van der Waals surface area contributed by atoms with Crippen LogP contribution in [-0.4, -0.2) is 49.2 Å². The monoisotopic (exact) mass is 403 g/mol. The van der Waals surface area contributed by atoms with E-state index in [1.165, 1.54) is 11.8 Å². The summed E-state index contributed by atoms with van der Waals surface area (Å²) >= 11 is 1.43. The van der Waals surface area contributed by atoms with E-state index in [1.807, 2.05) is 45.7 Å². The fourth-order valence-electron chi connectivity index (χ4n) is 3.82. The SMILES string of the molecule is Cc1cccc(-c2nc3ccccc3c3nnc(SCC(=O)N4CCCC4)n23)c1. The highest BCUT2D eigenvalue weighted by atomic mass is 32.2. The second kappa shape index (κ2) is 7.48. The highest BCUT2D eigenvalue weighted by Gasteiger charge is 2.21. The van der Waals surface area contributed by atoms with E-state index < -0.39 is 0 Å². The molecule has 0 unspecified atom stereocenters. The lowest BCUT2D eigenvalue weighted by Gasteiger charge is -2.14. The lowest BCUT2D eigenvalue weighted by Crippen LogP contribution is -2.29. The quantitative estimate of drug-likeness (QED) is 0.483. The number of aryl methyl sites for hydroxylation is 1. The lowest BCUT2D eigenvalue weighted by molar-refractivity contribution is -0.127. The molecule has 1 amide bonds. The predicted octanol–water partition coefficient (Wildman–Crippen LogP) is 3.97. The molecule has 1 fully saturated rings. The van der Waals surface area contributed by atoms with Crippen molar-refractivity contribution in [1.82, 2.24) is 24.5 Å². The molecule has 0 bridgehead atoms. The second-order valence-corrected chi connectivity index (χ2v) is 8.28. The van der Waals surface area contributed by atoms with Crippen molar-refractivity contribution in [2.24, 2.45) is 0 Å². The summed E-state index contributed by atoms with van der Waals surface area (Å²) in [6.07, 6.45) is 2.19. The van der Waals surface area contributed by atoms with Crippen LogP contribution in [0.3, 0.4) is 0 Å². The van der Waals surface area contributed by atoms with Crippen LogP contribution in [0.4, 0.5) is 0 Å². The fraction of sp³-hybridized carbons (Fsp3) is 0.273. The van der Waals surface area contributed by atoms with Crippen molar-refractivity contribution in [2.75, 3.05) is 18.8 Å². The van der Waals surface area contributed by atoms with Gasteiger partial charge in [-0.2, -0.15) is 0 Å². The third kappa shape index (κ3) is 3.35. The van der Waals surface area contributed by atoms with Crippen molar-refractivity contribution >= 4 is 34.2 Å². The number of para-hydroxylation sites is 1. The van der Waals surface area contributed by atoms with Crippen LogP contribution in [0.1, 0.15) is 18.4 Å². The van der Waals surface area contributed by atoms with Crippen LogP contribution in [0.15, 0.2) is 53.7 Å². The molecule has 146 valence electrons. The van der Waals surface area contributed by atoms with Crippen LogP contribution in [0.5, 0.6) is 0 Å². The van der Waals surface area contributed by atoms with Gasteiger partial charge in [0, 0.05) is 24.0 Å². The zero-order chi connectivity index (χ0) is 19.8. The topological polar surface area (TPSA) is 63.4 Å². The first-order valence-corrected chi connectivity index (χ1v) is 10.8. The van der Waals surface area contributed by atoms with Gasteiger partial charge in [0.05, 0.1) is 11.3 Å². The number of fused-ring (bicyclic) bond motifs is 3. The van der Waals surface area contributed by atoms with Crippen LogP contribution >= 0.6 is 11.8 Å². The molecule has 2 aromatic heterocycles. The van der Waals surface area contributed by atoms with Gasteiger partial charge in [-0.3, -0.25) is 9.20 Å². The maximum absolute atomic E-state index is 12.5. The number of benzene rings is 2. The van der Waals surface area contributed by atoms with Gasteiger partial charge in [-0.1, -0.05) is 47.7 Å². The summed E-state index contributed by atoms with van der Waals surface area (Å²) in [6.45, 7) is 3.79. The van der Waals surface area contributed by atoms with Crippen LogP contribution in [0, 0.1) is 6.92 Å². The number of likely N-dealkylation sites (tertiary alicyclic amines) is 1. The molecule has 3 heterocycles. The Balaban J connectivity index is 1.61. The molecular formula is C22H21N5OS. The van der Waals surface area contributed by atoms with Crippen molar-refractivity contribution in [3.63, 3.8) is 0 Å². The molecule has 2 aromatic carbocycles. The highest BCUT2D eigenvalue weighted by molar-refractivity contribution is 7.99. The molecular weight excluding hydrogens is 382 g/mol. The van der Waals surface area contributed by atoms with Gasteiger partial charge in [0.15, 0.2) is 10.8 Å². The minimum Gasteiger partial charge on any atom is -0.342 e. The summed E-state index contributed by atoms with van der Waals surface area (Å²) in [5.74, 6) is 1.32. The Morgan fingerprint density at radius 2 is 1.90 bits per heavy atom. The summed E-state index contributed by atoms with van der Waals surface area (Å²) in [4.78, 5) is 19.4. The third-order valence-electron chi connectivity index (χ3n) is 5.28. The smallest absolute Gasteiger partial charge is 0.233 e. The molecule has 1 aliphatic rings. The molecule has 0 N–H and O–H groups in total. The normalized spacial score (nSPS) is 14.2. The van der Waals surface area contributed by atoms with E-state index in [1.54, 1.807) is 0 Å². The molecule has 7 heteroatoms. The van der Waals surface area contributed by atoms with Gasteiger partial charge in [0.25, 0.3) is 0 Å². The predicted molar refractivity (Wildman–Crippen MR) is 115 cm³/mol. The standard InChI is InChI=1S/C22H21N5OS/c1-15-7-6-8-16(13-15)20-23-18-10-3-2-9-17(18)21-24-25-22(27(20)21)29-14-19(28)26-11-4-5-12-26/h2-3,6-10,13H,4-5,11-12,14H2,1H3. The molecule has 1 saturated heterocycles.